The van der Waals surface area contributed by atoms with Crippen molar-refractivity contribution in [3.8, 4) is 0 Å². The van der Waals surface area contributed by atoms with E-state index in [1.165, 1.54) is 244 Å². The zero-order chi connectivity index (χ0) is 77.4. The number of aliphatic hydroxyl groups is 1. The average molecular weight is 1540 g/mol. The lowest BCUT2D eigenvalue weighted by Crippen LogP contribution is -2.30. The lowest BCUT2D eigenvalue weighted by molar-refractivity contribution is -0.161. The maximum absolute atomic E-state index is 13.1. The second-order valence-electron chi connectivity index (χ2n) is 32.1. The van der Waals surface area contributed by atoms with Crippen molar-refractivity contribution in [2.75, 3.05) is 39.6 Å². The van der Waals surface area contributed by atoms with Gasteiger partial charge in [0.25, 0.3) is 0 Å². The maximum Gasteiger partial charge on any atom is 0.472 e. The van der Waals surface area contributed by atoms with E-state index in [2.05, 4.69) is 55.4 Å². The Morgan fingerprint density at radius 3 is 0.676 bits per heavy atom. The molecule has 0 aromatic carbocycles. The van der Waals surface area contributed by atoms with E-state index in [0.717, 1.165) is 120 Å². The highest BCUT2D eigenvalue weighted by molar-refractivity contribution is 7.47. The quantitative estimate of drug-likeness (QED) is 0.0222. The molecule has 0 rings (SSSR count). The molecule has 5 unspecified atom stereocenters. The van der Waals surface area contributed by atoms with Crippen molar-refractivity contribution in [3.63, 3.8) is 0 Å². The van der Waals surface area contributed by atoms with Gasteiger partial charge in [-0.2, -0.15) is 0 Å². The zero-order valence-electron chi connectivity index (χ0n) is 69.4. The van der Waals surface area contributed by atoms with Gasteiger partial charge in [-0.05, 0) is 49.4 Å². The van der Waals surface area contributed by atoms with Crippen molar-refractivity contribution in [1.29, 1.82) is 0 Å². The number of carbonyl (C=O) groups is 4. The van der Waals surface area contributed by atoms with Gasteiger partial charge < -0.3 is 33.8 Å². The minimum atomic E-state index is -4.97. The molecule has 0 heterocycles. The van der Waals surface area contributed by atoms with E-state index < -0.39 is 97.5 Å². The van der Waals surface area contributed by atoms with Gasteiger partial charge in [0.1, 0.15) is 19.3 Å². The highest BCUT2D eigenvalue weighted by Gasteiger charge is 2.31. The van der Waals surface area contributed by atoms with Crippen LogP contribution in [0.25, 0.3) is 0 Å². The van der Waals surface area contributed by atoms with E-state index in [4.69, 9.17) is 37.0 Å². The second-order valence-corrected chi connectivity index (χ2v) is 35.0. The summed E-state index contributed by atoms with van der Waals surface area (Å²) in [6.45, 7) is 14.4. The van der Waals surface area contributed by atoms with Crippen LogP contribution in [0, 0.1) is 23.7 Å². The third kappa shape index (κ3) is 75.9. The van der Waals surface area contributed by atoms with Gasteiger partial charge in [-0.15, -0.1) is 0 Å². The minimum absolute atomic E-state index is 0.107. The summed E-state index contributed by atoms with van der Waals surface area (Å²) in [5.41, 5.74) is 0. The van der Waals surface area contributed by atoms with Crippen LogP contribution in [0.2, 0.25) is 0 Å². The Bertz CT molecular complexity index is 2050. The molecule has 0 saturated carbocycles. The second kappa shape index (κ2) is 74.8. The standard InChI is InChI=1S/C86H168O17P2/c1-9-77(6)63-55-47-39-33-27-23-19-14-12-13-15-20-24-28-36-42-52-61-69-86(91)103-82(73-97-84(89)67-59-51-45-44-49-57-65-79(8)11-3)75-101-105(94,95)99-71-80(87)70-98-104(92,93)100-74-81(72-96-83(88)66-58-50-41-35-31-30-34-40-48-56-64-78(7)10-2)102-85(90)68-60-53-43-37-29-25-21-17-16-18-22-26-32-38-46-54-62-76(4)5/h76-82,87H,9-75H2,1-8H3,(H,92,93)(H,94,95)/t77?,78?,79?,80-,81-,82-/m1/s1. The average Bonchev–Trinajstić information content (AvgIpc) is 0.915. The highest BCUT2D eigenvalue weighted by atomic mass is 31.2. The minimum Gasteiger partial charge on any atom is -0.462 e. The van der Waals surface area contributed by atoms with Gasteiger partial charge in [0.2, 0.25) is 0 Å². The summed E-state index contributed by atoms with van der Waals surface area (Å²) in [6, 6.07) is 0. The van der Waals surface area contributed by atoms with Crippen molar-refractivity contribution in [1.82, 2.24) is 0 Å². The molecule has 0 amide bonds. The fraction of sp³-hybridized carbons (Fsp3) is 0.953. The fourth-order valence-electron chi connectivity index (χ4n) is 13.2. The summed E-state index contributed by atoms with van der Waals surface area (Å²) >= 11 is 0. The molecule has 0 aromatic heterocycles. The predicted molar refractivity (Wildman–Crippen MR) is 432 cm³/mol. The Hall–Kier alpha value is -1.94. The summed E-state index contributed by atoms with van der Waals surface area (Å²) in [6.07, 6.45) is 63.8. The first-order valence-electron chi connectivity index (χ1n) is 44.3. The molecule has 0 aliphatic rings. The fourth-order valence-corrected chi connectivity index (χ4v) is 14.8. The van der Waals surface area contributed by atoms with Gasteiger partial charge in [-0.3, -0.25) is 37.3 Å². The van der Waals surface area contributed by atoms with E-state index >= 15 is 0 Å². The lowest BCUT2D eigenvalue weighted by Gasteiger charge is -2.21. The Morgan fingerprint density at radius 2 is 0.457 bits per heavy atom. The SMILES string of the molecule is CCC(C)CCCCCCCCCCCCCCCCCCCCC(=O)O[C@H](COC(=O)CCCCCCCCC(C)CC)COP(=O)(O)OC[C@H](O)COP(=O)(O)OC[C@@H](COC(=O)CCCCCCCCCCCCC(C)CC)OC(=O)CCCCCCCCCCCCCCCCCCC(C)C. The summed E-state index contributed by atoms with van der Waals surface area (Å²) in [5, 5.41) is 10.7. The molecule has 624 valence electrons. The van der Waals surface area contributed by atoms with Crippen LogP contribution in [0.5, 0.6) is 0 Å². The smallest absolute Gasteiger partial charge is 0.462 e. The Morgan fingerprint density at radius 1 is 0.267 bits per heavy atom. The van der Waals surface area contributed by atoms with Crippen LogP contribution < -0.4 is 0 Å². The van der Waals surface area contributed by atoms with Crippen LogP contribution in [0.3, 0.4) is 0 Å². The first-order chi connectivity index (χ1) is 50.7. The first kappa shape index (κ1) is 103. The monoisotopic (exact) mass is 1540 g/mol. The maximum atomic E-state index is 13.1. The normalized spacial score (nSPS) is 14.7. The third-order valence-corrected chi connectivity index (χ3v) is 23.1. The summed E-state index contributed by atoms with van der Waals surface area (Å²) < 4.78 is 68.9. The van der Waals surface area contributed by atoms with Crippen molar-refractivity contribution < 1.29 is 80.2 Å². The van der Waals surface area contributed by atoms with Crippen molar-refractivity contribution in [2.24, 2.45) is 23.7 Å². The molecular formula is C86H168O17P2. The molecule has 3 N–H and O–H groups in total. The predicted octanol–water partition coefficient (Wildman–Crippen LogP) is 25.9. The molecule has 0 aliphatic carbocycles. The van der Waals surface area contributed by atoms with Crippen molar-refractivity contribution in [2.45, 2.75) is 465 Å². The first-order valence-corrected chi connectivity index (χ1v) is 47.3. The van der Waals surface area contributed by atoms with Crippen molar-refractivity contribution in [3.05, 3.63) is 0 Å². The van der Waals surface area contributed by atoms with Gasteiger partial charge in [-0.1, -0.05) is 396 Å². The van der Waals surface area contributed by atoms with Gasteiger partial charge in [0, 0.05) is 25.7 Å². The number of hydrogen-bond donors (Lipinski definition) is 3. The topological polar surface area (TPSA) is 237 Å². The van der Waals surface area contributed by atoms with Crippen LogP contribution in [0.15, 0.2) is 0 Å². The Kier molecular flexibility index (Phi) is 73.4. The van der Waals surface area contributed by atoms with Crippen molar-refractivity contribution >= 4 is 39.5 Å². The number of aliphatic hydroxyl groups excluding tert-OH is 1. The molecule has 0 saturated heterocycles. The Balaban J connectivity index is 5.20. The van der Waals surface area contributed by atoms with E-state index in [9.17, 15) is 43.2 Å². The van der Waals surface area contributed by atoms with Gasteiger partial charge in [-0.25, -0.2) is 9.13 Å². The van der Waals surface area contributed by atoms with Crippen LogP contribution in [0.1, 0.15) is 447 Å². The largest absolute Gasteiger partial charge is 0.472 e. The molecule has 0 aromatic rings. The molecule has 19 heteroatoms. The highest BCUT2D eigenvalue weighted by Crippen LogP contribution is 2.45. The molecule has 0 fully saturated rings. The number of hydrogen-bond acceptors (Lipinski definition) is 15. The number of phosphoric acid groups is 2. The number of unbranched alkanes of at least 4 members (excludes halogenated alkanes) is 46. The van der Waals surface area contributed by atoms with Gasteiger partial charge in [0.15, 0.2) is 12.2 Å². The van der Waals surface area contributed by atoms with Crippen LogP contribution in [0.4, 0.5) is 0 Å². The number of esters is 4. The zero-order valence-corrected chi connectivity index (χ0v) is 71.2. The number of phosphoric ester groups is 2. The molecule has 17 nitrogen and oxygen atoms in total. The number of carbonyl (C=O) groups excluding carboxylic acids is 4. The number of rotatable bonds is 83. The molecular weight excluding hydrogens is 1370 g/mol. The molecule has 105 heavy (non-hydrogen) atoms. The molecule has 0 spiro atoms. The molecule has 8 atom stereocenters. The van der Waals surface area contributed by atoms with Gasteiger partial charge >= 0.3 is 39.5 Å². The van der Waals surface area contributed by atoms with Crippen LogP contribution in [-0.2, 0) is 65.4 Å². The van der Waals surface area contributed by atoms with E-state index in [1.54, 1.807) is 0 Å². The molecule has 0 bridgehead atoms. The van der Waals surface area contributed by atoms with E-state index in [-0.39, 0.29) is 25.7 Å². The molecule has 0 aliphatic heterocycles. The van der Waals surface area contributed by atoms with Crippen LogP contribution >= 0.6 is 15.6 Å². The summed E-state index contributed by atoms with van der Waals surface area (Å²) in [5.74, 6) is 1.11. The molecule has 0 radical (unpaired) electrons. The summed E-state index contributed by atoms with van der Waals surface area (Å²) in [4.78, 5) is 73.2. The third-order valence-electron chi connectivity index (χ3n) is 21.2. The van der Waals surface area contributed by atoms with E-state index in [1.807, 2.05) is 0 Å². The Labute approximate surface area is 645 Å². The number of ether oxygens (including phenoxy) is 4. The lowest BCUT2D eigenvalue weighted by atomic mass is 9.99. The van der Waals surface area contributed by atoms with Crippen LogP contribution in [-0.4, -0.2) is 96.7 Å². The summed E-state index contributed by atoms with van der Waals surface area (Å²) in [7, 11) is -9.93. The van der Waals surface area contributed by atoms with Gasteiger partial charge in [0.05, 0.1) is 26.4 Å². The van der Waals surface area contributed by atoms with E-state index in [0.29, 0.717) is 25.7 Å².